The Balaban J connectivity index is 2.37. The van der Waals surface area contributed by atoms with Crippen LogP contribution in [0.4, 0.5) is 0 Å². The highest BCUT2D eigenvalue weighted by molar-refractivity contribution is 7.88. The van der Waals surface area contributed by atoms with Crippen LogP contribution in [0.25, 0.3) is 0 Å². The van der Waals surface area contributed by atoms with Gasteiger partial charge in [-0.1, -0.05) is 51.1 Å². The van der Waals surface area contributed by atoms with Crippen molar-refractivity contribution in [1.29, 1.82) is 0 Å². The number of hydrogen-bond donors (Lipinski definition) is 1. The predicted molar refractivity (Wildman–Crippen MR) is 75.8 cm³/mol. The Bertz CT molecular complexity index is 446. The van der Waals surface area contributed by atoms with Gasteiger partial charge < -0.3 is 0 Å². The standard InChI is InChI=1S/C14H23NO2S/c1-14(2,3)10-7-11-15-18(16,17)12-13-8-5-4-6-9-13/h4-6,8-9,15H,7,10-12H2,1-3H3. The average molecular weight is 269 g/mol. The van der Waals surface area contributed by atoms with E-state index in [0.717, 1.165) is 18.4 Å². The molecule has 0 aliphatic rings. The lowest BCUT2D eigenvalue weighted by Crippen LogP contribution is -2.26. The molecule has 0 saturated heterocycles. The summed E-state index contributed by atoms with van der Waals surface area (Å²) in [5, 5.41) is 0. The maximum absolute atomic E-state index is 11.8. The molecule has 0 heterocycles. The van der Waals surface area contributed by atoms with Crippen LogP contribution in [0.2, 0.25) is 0 Å². The van der Waals surface area contributed by atoms with Crippen molar-refractivity contribution in [2.75, 3.05) is 6.54 Å². The summed E-state index contributed by atoms with van der Waals surface area (Å²) in [6, 6.07) is 9.24. The van der Waals surface area contributed by atoms with E-state index in [1.807, 2.05) is 30.3 Å². The smallest absolute Gasteiger partial charge is 0.215 e. The first-order valence-electron chi connectivity index (χ1n) is 6.30. The summed E-state index contributed by atoms with van der Waals surface area (Å²) in [4.78, 5) is 0. The summed E-state index contributed by atoms with van der Waals surface area (Å²) in [7, 11) is -3.20. The van der Waals surface area contributed by atoms with Crippen molar-refractivity contribution in [3.8, 4) is 0 Å². The molecule has 0 fully saturated rings. The van der Waals surface area contributed by atoms with E-state index >= 15 is 0 Å². The van der Waals surface area contributed by atoms with Crippen molar-refractivity contribution in [3.05, 3.63) is 35.9 Å². The minimum absolute atomic E-state index is 0.0589. The molecule has 18 heavy (non-hydrogen) atoms. The van der Waals surface area contributed by atoms with Crippen molar-refractivity contribution < 1.29 is 8.42 Å². The van der Waals surface area contributed by atoms with Crippen molar-refractivity contribution in [2.45, 2.75) is 39.4 Å². The summed E-state index contributed by atoms with van der Waals surface area (Å²) < 4.78 is 26.3. The first-order chi connectivity index (χ1) is 8.29. The minimum atomic E-state index is -3.20. The zero-order valence-electron chi connectivity index (χ0n) is 11.4. The highest BCUT2D eigenvalue weighted by Crippen LogP contribution is 2.19. The molecule has 0 unspecified atom stereocenters. The molecule has 102 valence electrons. The Kier molecular flexibility index (Phi) is 5.35. The van der Waals surface area contributed by atoms with Crippen molar-refractivity contribution in [1.82, 2.24) is 4.72 Å². The lowest BCUT2D eigenvalue weighted by molar-refractivity contribution is 0.365. The zero-order valence-corrected chi connectivity index (χ0v) is 12.3. The van der Waals surface area contributed by atoms with Crippen LogP contribution in [0.15, 0.2) is 30.3 Å². The fraction of sp³-hybridized carbons (Fsp3) is 0.571. The van der Waals surface area contributed by atoms with Crippen LogP contribution in [-0.2, 0) is 15.8 Å². The van der Waals surface area contributed by atoms with E-state index in [9.17, 15) is 8.42 Å². The van der Waals surface area contributed by atoms with E-state index in [0.29, 0.717) is 6.54 Å². The molecule has 3 nitrogen and oxygen atoms in total. The molecule has 1 aromatic rings. The zero-order chi connectivity index (χ0) is 13.6. The first kappa shape index (κ1) is 15.2. The van der Waals surface area contributed by atoms with Crippen LogP contribution >= 0.6 is 0 Å². The van der Waals surface area contributed by atoms with Gasteiger partial charge in [-0.15, -0.1) is 0 Å². The highest BCUT2D eigenvalue weighted by atomic mass is 32.2. The Morgan fingerprint density at radius 2 is 1.72 bits per heavy atom. The molecular weight excluding hydrogens is 246 g/mol. The van der Waals surface area contributed by atoms with E-state index < -0.39 is 10.0 Å². The van der Waals surface area contributed by atoms with Gasteiger partial charge in [0.05, 0.1) is 5.75 Å². The summed E-state index contributed by atoms with van der Waals surface area (Å²) in [6.45, 7) is 6.99. The molecule has 0 saturated carbocycles. The maximum Gasteiger partial charge on any atom is 0.215 e. The molecule has 0 aliphatic carbocycles. The van der Waals surface area contributed by atoms with Gasteiger partial charge in [-0.2, -0.15) is 0 Å². The van der Waals surface area contributed by atoms with Gasteiger partial charge in [0, 0.05) is 6.54 Å². The molecule has 1 N–H and O–H groups in total. The Labute approximate surface area is 111 Å². The van der Waals surface area contributed by atoms with E-state index in [-0.39, 0.29) is 11.2 Å². The summed E-state index contributed by atoms with van der Waals surface area (Å²) >= 11 is 0. The lowest BCUT2D eigenvalue weighted by atomic mass is 9.91. The van der Waals surface area contributed by atoms with Crippen LogP contribution < -0.4 is 4.72 Å². The second-order valence-corrected chi connectivity index (χ2v) is 7.61. The van der Waals surface area contributed by atoms with Gasteiger partial charge in [-0.05, 0) is 23.8 Å². The minimum Gasteiger partial charge on any atom is -0.215 e. The normalized spacial score (nSPS) is 12.6. The molecule has 4 heteroatoms. The highest BCUT2D eigenvalue weighted by Gasteiger charge is 2.13. The summed E-state index contributed by atoms with van der Waals surface area (Å²) in [5.74, 6) is 0.0589. The van der Waals surface area contributed by atoms with Crippen molar-refractivity contribution in [3.63, 3.8) is 0 Å². The fourth-order valence-electron chi connectivity index (χ4n) is 1.69. The largest absolute Gasteiger partial charge is 0.215 e. The molecule has 0 radical (unpaired) electrons. The van der Waals surface area contributed by atoms with Gasteiger partial charge in [-0.25, -0.2) is 13.1 Å². The first-order valence-corrected chi connectivity index (χ1v) is 7.95. The van der Waals surface area contributed by atoms with Crippen LogP contribution in [-0.4, -0.2) is 15.0 Å². The molecule has 1 rings (SSSR count). The second-order valence-electron chi connectivity index (χ2n) is 5.80. The topological polar surface area (TPSA) is 46.2 Å². The monoisotopic (exact) mass is 269 g/mol. The number of hydrogen-bond acceptors (Lipinski definition) is 2. The van der Waals surface area contributed by atoms with Crippen molar-refractivity contribution in [2.24, 2.45) is 5.41 Å². The van der Waals surface area contributed by atoms with Gasteiger partial charge in [0.25, 0.3) is 0 Å². The Morgan fingerprint density at radius 3 is 2.28 bits per heavy atom. The molecule has 0 aromatic heterocycles. The number of rotatable bonds is 6. The second kappa shape index (κ2) is 6.34. The quantitative estimate of drug-likeness (QED) is 0.807. The molecule has 0 spiro atoms. The average Bonchev–Trinajstić information content (AvgIpc) is 2.24. The van der Waals surface area contributed by atoms with Crippen LogP contribution in [0.1, 0.15) is 39.2 Å². The Hall–Kier alpha value is -0.870. The van der Waals surface area contributed by atoms with Crippen molar-refractivity contribution >= 4 is 10.0 Å². The van der Waals surface area contributed by atoms with Gasteiger partial charge in [0.2, 0.25) is 10.0 Å². The lowest BCUT2D eigenvalue weighted by Gasteiger charge is -2.17. The van der Waals surface area contributed by atoms with E-state index in [4.69, 9.17) is 0 Å². The van der Waals surface area contributed by atoms with Crippen LogP contribution in [0.3, 0.4) is 0 Å². The summed E-state index contributed by atoms with van der Waals surface area (Å²) in [5.41, 5.74) is 1.08. The SMILES string of the molecule is CC(C)(C)CCCNS(=O)(=O)Cc1ccccc1. The van der Waals surface area contributed by atoms with Gasteiger partial charge in [-0.3, -0.25) is 0 Å². The Morgan fingerprint density at radius 1 is 1.11 bits per heavy atom. The predicted octanol–water partition coefficient (Wildman–Crippen LogP) is 2.93. The summed E-state index contributed by atoms with van der Waals surface area (Å²) in [6.07, 6.45) is 1.89. The fourth-order valence-corrected chi connectivity index (χ4v) is 2.88. The molecule has 0 atom stereocenters. The van der Waals surface area contributed by atoms with E-state index in [2.05, 4.69) is 25.5 Å². The molecule has 1 aromatic carbocycles. The van der Waals surface area contributed by atoms with Gasteiger partial charge in [0.15, 0.2) is 0 Å². The van der Waals surface area contributed by atoms with Gasteiger partial charge in [0.1, 0.15) is 0 Å². The van der Waals surface area contributed by atoms with Gasteiger partial charge >= 0.3 is 0 Å². The van der Waals surface area contributed by atoms with Crippen LogP contribution in [0.5, 0.6) is 0 Å². The molecule has 0 amide bonds. The number of benzene rings is 1. The molecule has 0 bridgehead atoms. The van der Waals surface area contributed by atoms with E-state index in [1.165, 1.54) is 0 Å². The van der Waals surface area contributed by atoms with E-state index in [1.54, 1.807) is 0 Å². The number of sulfonamides is 1. The third kappa shape index (κ3) is 6.77. The van der Waals surface area contributed by atoms with Crippen LogP contribution in [0, 0.1) is 5.41 Å². The molecular formula is C14H23NO2S. The third-order valence-corrected chi connectivity index (χ3v) is 3.98. The maximum atomic E-state index is 11.8. The molecule has 0 aliphatic heterocycles. The third-order valence-electron chi connectivity index (χ3n) is 2.63. The number of nitrogens with one attached hydrogen (secondary N) is 1.